The zero-order valence-corrected chi connectivity index (χ0v) is 11.4. The molecule has 1 aromatic carbocycles. The number of aryl methyl sites for hydroxylation is 1. The van der Waals surface area contributed by atoms with E-state index in [-0.39, 0.29) is 5.91 Å². The van der Waals surface area contributed by atoms with E-state index in [2.05, 4.69) is 22.5 Å². The molecule has 1 heterocycles. The van der Waals surface area contributed by atoms with Gasteiger partial charge in [0.15, 0.2) is 0 Å². The van der Waals surface area contributed by atoms with Crippen molar-refractivity contribution in [2.75, 3.05) is 6.54 Å². The zero-order chi connectivity index (χ0) is 13.3. The van der Waals surface area contributed by atoms with E-state index in [0.29, 0.717) is 13.0 Å². The van der Waals surface area contributed by atoms with Crippen molar-refractivity contribution in [1.82, 2.24) is 5.32 Å². The zero-order valence-electron chi connectivity index (χ0n) is 10.6. The Balaban J connectivity index is 1.68. The molecule has 0 aliphatic rings. The maximum Gasteiger partial charge on any atom is 0.221 e. The molecule has 0 aliphatic heterocycles. The molecule has 1 amide bonds. The molecule has 0 radical (unpaired) electrons. The summed E-state index contributed by atoms with van der Waals surface area (Å²) in [4.78, 5) is 11.6. The second-order valence-electron chi connectivity index (χ2n) is 4.08. The first kappa shape index (κ1) is 13.4. The van der Waals surface area contributed by atoms with Crippen molar-refractivity contribution >= 4 is 17.2 Å². The van der Waals surface area contributed by atoms with Crippen LogP contribution >= 0.6 is 11.3 Å². The smallest absolute Gasteiger partial charge is 0.221 e. The molecule has 0 saturated heterocycles. The molecule has 0 atom stereocenters. The highest BCUT2D eigenvalue weighted by atomic mass is 32.1. The van der Waals surface area contributed by atoms with Gasteiger partial charge in [0.25, 0.3) is 0 Å². The Labute approximate surface area is 117 Å². The Morgan fingerprint density at radius 2 is 2.05 bits per heavy atom. The predicted molar refractivity (Wildman–Crippen MR) is 79.0 cm³/mol. The standard InChI is InChI=1S/C16H15NOS/c18-16(9-8-15-10-12-19-13-15)17-11-4-7-14-5-2-1-3-6-14/h1-3,5-6,10,12-13H,8-9,11H2,(H,17,18). The first-order chi connectivity index (χ1) is 9.34. The lowest BCUT2D eigenvalue weighted by atomic mass is 10.2. The van der Waals surface area contributed by atoms with Crippen molar-refractivity contribution in [2.24, 2.45) is 0 Å². The number of carbonyl (C=O) groups is 1. The number of thiophene rings is 1. The monoisotopic (exact) mass is 269 g/mol. The van der Waals surface area contributed by atoms with Crippen LogP contribution in [-0.2, 0) is 11.2 Å². The normalized spacial score (nSPS) is 9.47. The minimum atomic E-state index is 0.0496. The number of benzene rings is 1. The van der Waals surface area contributed by atoms with E-state index >= 15 is 0 Å². The molecule has 0 unspecified atom stereocenters. The number of nitrogens with one attached hydrogen (secondary N) is 1. The Kier molecular flexibility index (Phi) is 5.21. The van der Waals surface area contributed by atoms with Crippen molar-refractivity contribution in [3.8, 4) is 11.8 Å². The predicted octanol–water partition coefficient (Wildman–Crippen LogP) is 2.85. The van der Waals surface area contributed by atoms with Crippen LogP contribution in [0.2, 0.25) is 0 Å². The topological polar surface area (TPSA) is 29.1 Å². The summed E-state index contributed by atoms with van der Waals surface area (Å²) in [6.45, 7) is 0.400. The maximum absolute atomic E-state index is 11.6. The minimum Gasteiger partial charge on any atom is -0.345 e. The molecule has 0 saturated carbocycles. The van der Waals surface area contributed by atoms with E-state index in [1.165, 1.54) is 5.56 Å². The van der Waals surface area contributed by atoms with Gasteiger partial charge in [0.05, 0.1) is 6.54 Å². The van der Waals surface area contributed by atoms with Gasteiger partial charge in [0.2, 0.25) is 5.91 Å². The highest BCUT2D eigenvalue weighted by molar-refractivity contribution is 7.07. The molecule has 0 fully saturated rings. The van der Waals surface area contributed by atoms with Gasteiger partial charge in [0.1, 0.15) is 0 Å². The fourth-order valence-corrected chi connectivity index (χ4v) is 2.29. The highest BCUT2D eigenvalue weighted by Crippen LogP contribution is 2.07. The van der Waals surface area contributed by atoms with Crippen LogP contribution < -0.4 is 5.32 Å². The Hall–Kier alpha value is -2.05. The molecule has 2 nitrogen and oxygen atoms in total. The summed E-state index contributed by atoms with van der Waals surface area (Å²) in [6.07, 6.45) is 1.31. The molecule has 1 aromatic heterocycles. The van der Waals surface area contributed by atoms with Gasteiger partial charge in [-0.25, -0.2) is 0 Å². The van der Waals surface area contributed by atoms with Crippen molar-refractivity contribution in [3.63, 3.8) is 0 Å². The van der Waals surface area contributed by atoms with E-state index < -0.39 is 0 Å². The molecule has 0 aliphatic carbocycles. The van der Waals surface area contributed by atoms with Crippen LogP contribution in [0.5, 0.6) is 0 Å². The first-order valence-electron chi connectivity index (χ1n) is 6.16. The number of amides is 1. The molecule has 0 bridgehead atoms. The lowest BCUT2D eigenvalue weighted by Crippen LogP contribution is -2.23. The van der Waals surface area contributed by atoms with Crippen LogP contribution in [0.25, 0.3) is 0 Å². The SMILES string of the molecule is O=C(CCc1ccsc1)NCC#Cc1ccccc1. The number of hydrogen-bond acceptors (Lipinski definition) is 2. The largest absolute Gasteiger partial charge is 0.345 e. The molecule has 3 heteroatoms. The van der Waals surface area contributed by atoms with Gasteiger partial charge in [-0.2, -0.15) is 11.3 Å². The summed E-state index contributed by atoms with van der Waals surface area (Å²) >= 11 is 1.66. The second-order valence-corrected chi connectivity index (χ2v) is 4.86. The average Bonchev–Trinajstić information content (AvgIpc) is 2.96. The average molecular weight is 269 g/mol. The van der Waals surface area contributed by atoms with Gasteiger partial charge in [-0.1, -0.05) is 30.0 Å². The number of carbonyl (C=O) groups excluding carboxylic acids is 1. The third kappa shape index (κ3) is 4.99. The van der Waals surface area contributed by atoms with Crippen LogP contribution in [0.4, 0.5) is 0 Å². The van der Waals surface area contributed by atoms with E-state index in [4.69, 9.17) is 0 Å². The molecule has 19 heavy (non-hydrogen) atoms. The van der Waals surface area contributed by atoms with E-state index in [0.717, 1.165) is 12.0 Å². The number of hydrogen-bond donors (Lipinski definition) is 1. The van der Waals surface area contributed by atoms with Gasteiger partial charge in [-0.05, 0) is 40.9 Å². The van der Waals surface area contributed by atoms with E-state index in [1.54, 1.807) is 11.3 Å². The van der Waals surface area contributed by atoms with E-state index in [9.17, 15) is 4.79 Å². The summed E-state index contributed by atoms with van der Waals surface area (Å²) in [5.74, 6) is 6.00. The molecule has 96 valence electrons. The van der Waals surface area contributed by atoms with Gasteiger partial charge in [-0.15, -0.1) is 0 Å². The first-order valence-corrected chi connectivity index (χ1v) is 7.10. The molecule has 2 aromatic rings. The van der Waals surface area contributed by atoms with Gasteiger partial charge in [-0.3, -0.25) is 4.79 Å². The fraction of sp³-hybridized carbons (Fsp3) is 0.188. The molecular weight excluding hydrogens is 254 g/mol. The van der Waals surface area contributed by atoms with Crippen molar-refractivity contribution < 1.29 is 4.79 Å². The third-order valence-electron chi connectivity index (χ3n) is 2.60. The van der Waals surface area contributed by atoms with Crippen molar-refractivity contribution in [1.29, 1.82) is 0 Å². The summed E-state index contributed by atoms with van der Waals surface area (Å²) in [7, 11) is 0. The summed E-state index contributed by atoms with van der Waals surface area (Å²) < 4.78 is 0. The number of rotatable bonds is 4. The lowest BCUT2D eigenvalue weighted by Gasteiger charge is -1.99. The summed E-state index contributed by atoms with van der Waals surface area (Å²) in [6, 6.07) is 11.8. The maximum atomic E-state index is 11.6. The van der Waals surface area contributed by atoms with Crippen molar-refractivity contribution in [3.05, 3.63) is 58.3 Å². The lowest BCUT2D eigenvalue weighted by molar-refractivity contribution is -0.120. The van der Waals surface area contributed by atoms with Gasteiger partial charge in [0, 0.05) is 12.0 Å². The van der Waals surface area contributed by atoms with Crippen LogP contribution in [0.1, 0.15) is 17.5 Å². The van der Waals surface area contributed by atoms with Crippen LogP contribution in [-0.4, -0.2) is 12.5 Å². The Bertz CT molecular complexity index is 564. The Morgan fingerprint density at radius 3 is 2.79 bits per heavy atom. The second kappa shape index (κ2) is 7.40. The fourth-order valence-electron chi connectivity index (χ4n) is 1.59. The summed E-state index contributed by atoms with van der Waals surface area (Å²) in [5, 5.41) is 6.90. The van der Waals surface area contributed by atoms with Gasteiger partial charge < -0.3 is 5.32 Å². The van der Waals surface area contributed by atoms with Gasteiger partial charge >= 0.3 is 0 Å². The van der Waals surface area contributed by atoms with Crippen molar-refractivity contribution in [2.45, 2.75) is 12.8 Å². The Morgan fingerprint density at radius 1 is 1.21 bits per heavy atom. The van der Waals surface area contributed by atoms with Crippen LogP contribution in [0.3, 0.4) is 0 Å². The molecule has 2 rings (SSSR count). The highest BCUT2D eigenvalue weighted by Gasteiger charge is 2.00. The van der Waals surface area contributed by atoms with Crippen LogP contribution in [0, 0.1) is 11.8 Å². The minimum absolute atomic E-state index is 0.0496. The van der Waals surface area contributed by atoms with E-state index in [1.807, 2.05) is 41.8 Å². The summed E-state index contributed by atoms with van der Waals surface area (Å²) in [5.41, 5.74) is 2.19. The molecule has 1 N–H and O–H groups in total. The quantitative estimate of drug-likeness (QED) is 0.850. The third-order valence-corrected chi connectivity index (χ3v) is 3.33. The molecular formula is C16H15NOS. The van der Waals surface area contributed by atoms with Crippen LogP contribution in [0.15, 0.2) is 47.2 Å². The molecule has 0 spiro atoms.